The van der Waals surface area contributed by atoms with E-state index in [9.17, 15) is 13.2 Å². The van der Waals surface area contributed by atoms with Crippen LogP contribution in [0, 0.1) is 6.92 Å². The molecule has 0 saturated carbocycles. The van der Waals surface area contributed by atoms with Crippen molar-refractivity contribution in [3.8, 4) is 5.75 Å². The molecule has 0 aliphatic rings. The minimum atomic E-state index is -3.40. The molecule has 0 spiro atoms. The zero-order chi connectivity index (χ0) is 17.9. The van der Waals surface area contributed by atoms with Gasteiger partial charge in [0.05, 0.1) is 19.1 Å². The largest absolute Gasteiger partial charge is 0.497 e. The Kier molecular flexibility index (Phi) is 5.14. The molecular formula is C17H20N2O4S. The van der Waals surface area contributed by atoms with Crippen LogP contribution < -0.4 is 14.4 Å². The van der Waals surface area contributed by atoms with Crippen molar-refractivity contribution >= 4 is 27.3 Å². The van der Waals surface area contributed by atoms with Crippen molar-refractivity contribution in [1.29, 1.82) is 0 Å². The number of hydrogen-bond acceptors (Lipinski definition) is 4. The van der Waals surface area contributed by atoms with Gasteiger partial charge in [0, 0.05) is 18.3 Å². The Morgan fingerprint density at radius 2 is 1.75 bits per heavy atom. The Labute approximate surface area is 142 Å². The zero-order valence-electron chi connectivity index (χ0n) is 14.0. The highest BCUT2D eigenvalue weighted by atomic mass is 32.2. The highest BCUT2D eigenvalue weighted by Crippen LogP contribution is 2.23. The van der Waals surface area contributed by atoms with Crippen molar-refractivity contribution in [2.24, 2.45) is 0 Å². The van der Waals surface area contributed by atoms with Crippen molar-refractivity contribution < 1.29 is 17.9 Å². The average Bonchev–Trinajstić information content (AvgIpc) is 2.54. The lowest BCUT2D eigenvalue weighted by Gasteiger charge is -2.19. The monoisotopic (exact) mass is 348 g/mol. The van der Waals surface area contributed by atoms with E-state index in [1.165, 1.54) is 7.05 Å². The van der Waals surface area contributed by atoms with Gasteiger partial charge < -0.3 is 10.1 Å². The Bertz CT molecular complexity index is 845. The van der Waals surface area contributed by atoms with Crippen molar-refractivity contribution in [3.05, 3.63) is 53.6 Å². The van der Waals surface area contributed by atoms with Gasteiger partial charge in [0.25, 0.3) is 5.91 Å². The van der Waals surface area contributed by atoms with E-state index in [2.05, 4.69) is 5.32 Å². The van der Waals surface area contributed by atoms with Crippen molar-refractivity contribution in [1.82, 2.24) is 0 Å². The number of anilines is 2. The summed E-state index contributed by atoms with van der Waals surface area (Å²) in [4.78, 5) is 12.4. The van der Waals surface area contributed by atoms with Crippen LogP contribution in [0.5, 0.6) is 5.75 Å². The van der Waals surface area contributed by atoms with E-state index in [0.29, 0.717) is 22.7 Å². The predicted molar refractivity (Wildman–Crippen MR) is 95.4 cm³/mol. The minimum absolute atomic E-state index is 0.316. The Morgan fingerprint density at radius 1 is 1.12 bits per heavy atom. The zero-order valence-corrected chi connectivity index (χ0v) is 14.8. The Balaban J connectivity index is 2.26. The standard InChI is InChI=1S/C17H20N2O4S/c1-12-5-6-13(11-16(12)19(2)24(4,21)22)17(20)18-14-7-9-15(23-3)10-8-14/h5-11H,1-4H3,(H,18,20). The number of sulfonamides is 1. The molecule has 0 fully saturated rings. The van der Waals surface area contributed by atoms with Crippen LogP contribution in [-0.2, 0) is 10.0 Å². The van der Waals surface area contributed by atoms with Crippen LogP contribution in [0.25, 0.3) is 0 Å². The first kappa shape index (κ1) is 17.8. The fourth-order valence-corrected chi connectivity index (χ4v) is 2.70. The number of hydrogen-bond donors (Lipinski definition) is 1. The first-order valence-electron chi connectivity index (χ1n) is 7.22. The van der Waals surface area contributed by atoms with Gasteiger partial charge in [0.15, 0.2) is 0 Å². The van der Waals surface area contributed by atoms with E-state index in [-0.39, 0.29) is 5.91 Å². The molecule has 0 aromatic heterocycles. The number of benzene rings is 2. The molecule has 1 N–H and O–H groups in total. The molecule has 0 bridgehead atoms. The SMILES string of the molecule is COc1ccc(NC(=O)c2ccc(C)c(N(C)S(C)(=O)=O)c2)cc1. The number of rotatable bonds is 5. The van der Waals surface area contributed by atoms with Gasteiger partial charge in [-0.3, -0.25) is 9.10 Å². The summed E-state index contributed by atoms with van der Waals surface area (Å²) >= 11 is 0. The van der Waals surface area contributed by atoms with Gasteiger partial charge in [-0.2, -0.15) is 0 Å². The number of methoxy groups -OCH3 is 1. The normalized spacial score (nSPS) is 11.0. The maximum atomic E-state index is 12.4. The molecule has 0 radical (unpaired) electrons. The summed E-state index contributed by atoms with van der Waals surface area (Å²) in [6, 6.07) is 11.9. The number of carbonyl (C=O) groups excluding carboxylic acids is 1. The van der Waals surface area contributed by atoms with Crippen LogP contribution in [0.1, 0.15) is 15.9 Å². The van der Waals surface area contributed by atoms with Crippen molar-refractivity contribution in [2.45, 2.75) is 6.92 Å². The van der Waals surface area contributed by atoms with Gasteiger partial charge in [0.1, 0.15) is 5.75 Å². The van der Waals surface area contributed by atoms with Crippen LogP contribution in [0.15, 0.2) is 42.5 Å². The maximum absolute atomic E-state index is 12.4. The molecule has 0 saturated heterocycles. The smallest absolute Gasteiger partial charge is 0.255 e. The third-order valence-corrected chi connectivity index (χ3v) is 4.85. The number of aryl methyl sites for hydroxylation is 1. The molecule has 7 heteroatoms. The number of carbonyl (C=O) groups is 1. The van der Waals surface area contributed by atoms with Gasteiger partial charge >= 0.3 is 0 Å². The lowest BCUT2D eigenvalue weighted by molar-refractivity contribution is 0.102. The van der Waals surface area contributed by atoms with E-state index in [1.807, 2.05) is 0 Å². The lowest BCUT2D eigenvalue weighted by atomic mass is 10.1. The number of nitrogens with one attached hydrogen (secondary N) is 1. The molecular weight excluding hydrogens is 328 g/mol. The fourth-order valence-electron chi connectivity index (χ4n) is 2.15. The summed E-state index contributed by atoms with van der Waals surface area (Å²) in [5.41, 5.74) is 2.24. The van der Waals surface area contributed by atoms with Gasteiger partial charge in [-0.05, 0) is 48.9 Å². The van der Waals surface area contributed by atoms with Crippen LogP contribution in [0.3, 0.4) is 0 Å². The molecule has 128 valence electrons. The summed E-state index contributed by atoms with van der Waals surface area (Å²) in [6.07, 6.45) is 1.12. The maximum Gasteiger partial charge on any atom is 0.255 e. The molecule has 0 aliphatic carbocycles. The fraction of sp³-hybridized carbons (Fsp3) is 0.235. The summed E-state index contributed by atoms with van der Waals surface area (Å²) in [6.45, 7) is 1.79. The molecule has 1 amide bonds. The van der Waals surface area contributed by atoms with E-state index in [1.54, 1.807) is 56.5 Å². The molecule has 0 aliphatic heterocycles. The Morgan fingerprint density at radius 3 is 2.29 bits per heavy atom. The van der Waals surface area contributed by atoms with Crippen molar-refractivity contribution in [3.63, 3.8) is 0 Å². The van der Waals surface area contributed by atoms with Gasteiger partial charge in [-0.1, -0.05) is 6.07 Å². The van der Waals surface area contributed by atoms with E-state index in [0.717, 1.165) is 16.1 Å². The third-order valence-electron chi connectivity index (χ3n) is 3.66. The van der Waals surface area contributed by atoms with Crippen LogP contribution in [-0.4, -0.2) is 34.7 Å². The molecule has 0 atom stereocenters. The second-order valence-corrected chi connectivity index (χ2v) is 7.43. The molecule has 2 aromatic rings. The quantitative estimate of drug-likeness (QED) is 0.901. The first-order chi connectivity index (χ1) is 11.2. The second-order valence-electron chi connectivity index (χ2n) is 5.41. The summed E-state index contributed by atoms with van der Waals surface area (Å²) < 4.78 is 29.7. The highest BCUT2D eigenvalue weighted by Gasteiger charge is 2.16. The lowest BCUT2D eigenvalue weighted by Crippen LogP contribution is -2.26. The molecule has 2 aromatic carbocycles. The summed E-state index contributed by atoms with van der Waals surface area (Å²) in [5, 5.41) is 2.77. The molecule has 24 heavy (non-hydrogen) atoms. The van der Waals surface area contributed by atoms with E-state index < -0.39 is 10.0 Å². The van der Waals surface area contributed by atoms with Gasteiger partial charge in [-0.15, -0.1) is 0 Å². The minimum Gasteiger partial charge on any atom is -0.497 e. The first-order valence-corrected chi connectivity index (χ1v) is 9.07. The summed E-state index contributed by atoms with van der Waals surface area (Å²) in [5.74, 6) is 0.378. The predicted octanol–water partition coefficient (Wildman–Crippen LogP) is 2.65. The molecule has 0 heterocycles. The molecule has 6 nitrogen and oxygen atoms in total. The summed E-state index contributed by atoms with van der Waals surface area (Å²) in [7, 11) is -0.369. The van der Waals surface area contributed by atoms with E-state index in [4.69, 9.17) is 4.74 Å². The molecule has 2 rings (SSSR count). The van der Waals surface area contributed by atoms with Gasteiger partial charge in [0.2, 0.25) is 10.0 Å². The highest BCUT2D eigenvalue weighted by molar-refractivity contribution is 7.92. The van der Waals surface area contributed by atoms with Crippen LogP contribution >= 0.6 is 0 Å². The molecule has 0 unspecified atom stereocenters. The van der Waals surface area contributed by atoms with Crippen LogP contribution in [0.2, 0.25) is 0 Å². The Hall–Kier alpha value is -2.54. The number of amides is 1. The van der Waals surface area contributed by atoms with Crippen LogP contribution in [0.4, 0.5) is 11.4 Å². The third kappa shape index (κ3) is 4.05. The van der Waals surface area contributed by atoms with Gasteiger partial charge in [-0.25, -0.2) is 8.42 Å². The van der Waals surface area contributed by atoms with E-state index >= 15 is 0 Å². The topological polar surface area (TPSA) is 75.7 Å². The average molecular weight is 348 g/mol. The van der Waals surface area contributed by atoms with Crippen molar-refractivity contribution in [2.75, 3.05) is 30.0 Å². The number of nitrogens with zero attached hydrogens (tertiary/aromatic N) is 1. The number of ether oxygens (including phenoxy) is 1. The second kappa shape index (κ2) is 6.92.